The lowest BCUT2D eigenvalue weighted by Gasteiger charge is -2.43. The number of phenols is 2. The van der Waals surface area contributed by atoms with Gasteiger partial charge in [-0.25, -0.2) is 8.78 Å². The van der Waals surface area contributed by atoms with E-state index in [0.717, 1.165) is 0 Å². The van der Waals surface area contributed by atoms with Gasteiger partial charge in [0.25, 0.3) is 0 Å². The third-order valence-electron chi connectivity index (χ3n) is 14.9. The number of nitrogens with one attached hydrogen (secondary N) is 1. The van der Waals surface area contributed by atoms with Crippen molar-refractivity contribution >= 4 is 72.7 Å². The fourth-order valence-electron chi connectivity index (χ4n) is 10.4. The number of carbonyl (C=O) groups excluding carboxylic acids is 7. The van der Waals surface area contributed by atoms with E-state index in [4.69, 9.17) is 0 Å². The maximum atomic E-state index is 14.9. The van der Waals surface area contributed by atoms with Crippen LogP contribution >= 0.6 is 31.9 Å². The number of likely N-dealkylation sites (tertiary alicyclic amines) is 2. The van der Waals surface area contributed by atoms with Crippen LogP contribution in [0.2, 0.25) is 0 Å². The van der Waals surface area contributed by atoms with Gasteiger partial charge in [-0.15, -0.1) is 0 Å². The number of benzene rings is 6. The van der Waals surface area contributed by atoms with Gasteiger partial charge in [0.1, 0.15) is 23.1 Å². The number of hydrogen-bond acceptors (Lipinski definition) is 11. The van der Waals surface area contributed by atoms with Crippen LogP contribution in [0.5, 0.6) is 11.5 Å². The number of piperidine rings is 2. The van der Waals surface area contributed by atoms with Crippen LogP contribution in [0.1, 0.15) is 82.4 Å². The quantitative estimate of drug-likeness (QED) is 0.0882. The Labute approximate surface area is 488 Å². The molecular formula is C63H67Br2F2N5O9. The molecule has 2 aliphatic heterocycles. The first-order valence-corrected chi connectivity index (χ1v) is 27.8. The third kappa shape index (κ3) is 15.6. The zero-order valence-corrected chi connectivity index (χ0v) is 49.6. The molecule has 14 nitrogen and oxygen atoms in total. The summed E-state index contributed by atoms with van der Waals surface area (Å²) in [4.78, 5) is 97.9. The van der Waals surface area contributed by atoms with E-state index in [1.54, 1.807) is 126 Å². The normalized spacial score (nSPS) is 18.9. The number of aromatic hydroxyl groups is 2. The van der Waals surface area contributed by atoms with Gasteiger partial charge in [-0.05, 0) is 84.6 Å². The van der Waals surface area contributed by atoms with Gasteiger partial charge in [-0.1, -0.05) is 117 Å². The average Bonchev–Trinajstić information content (AvgIpc) is 3.46. The van der Waals surface area contributed by atoms with Gasteiger partial charge < -0.3 is 25.3 Å². The molecule has 6 aromatic rings. The molecule has 2 aliphatic rings. The Kier molecular flexibility index (Phi) is 22.1. The zero-order valence-electron chi connectivity index (χ0n) is 46.5. The van der Waals surface area contributed by atoms with Crippen LogP contribution in [0.15, 0.2) is 142 Å². The molecule has 2 heterocycles. The van der Waals surface area contributed by atoms with Crippen molar-refractivity contribution in [2.24, 2.45) is 23.7 Å². The van der Waals surface area contributed by atoms with E-state index < -0.39 is 41.3 Å². The van der Waals surface area contributed by atoms with E-state index >= 15 is 0 Å². The molecule has 4 unspecified atom stereocenters. The highest BCUT2D eigenvalue weighted by Gasteiger charge is 2.48. The van der Waals surface area contributed by atoms with E-state index in [2.05, 4.69) is 37.2 Å². The summed E-state index contributed by atoms with van der Waals surface area (Å²) in [5.41, 5.74) is 3.44. The van der Waals surface area contributed by atoms with Gasteiger partial charge in [0.2, 0.25) is 17.7 Å². The molecule has 2 saturated heterocycles. The summed E-state index contributed by atoms with van der Waals surface area (Å²) in [6, 6.07) is 35.7. The van der Waals surface area contributed by atoms with Crippen molar-refractivity contribution < 1.29 is 52.6 Å². The van der Waals surface area contributed by atoms with Crippen molar-refractivity contribution in [3.05, 3.63) is 199 Å². The first kappa shape index (κ1) is 62.9. The van der Waals surface area contributed by atoms with Gasteiger partial charge in [-0.3, -0.25) is 43.4 Å². The molecule has 81 heavy (non-hydrogen) atoms. The summed E-state index contributed by atoms with van der Waals surface area (Å²) < 4.78 is 30.9. The van der Waals surface area contributed by atoms with Gasteiger partial charge in [0, 0.05) is 135 Å². The number of amides is 3. The van der Waals surface area contributed by atoms with Gasteiger partial charge in [0.05, 0.1) is 13.1 Å². The van der Waals surface area contributed by atoms with Crippen LogP contribution in [-0.2, 0) is 14.4 Å². The molecule has 18 heteroatoms. The number of ketones is 4. The van der Waals surface area contributed by atoms with Gasteiger partial charge >= 0.3 is 0 Å². The lowest BCUT2D eigenvalue weighted by atomic mass is 9.67. The molecule has 4 atom stereocenters. The average molecular weight is 1240 g/mol. The minimum Gasteiger partial charge on any atom is -0.508 e. The highest BCUT2D eigenvalue weighted by atomic mass is 79.9. The van der Waals surface area contributed by atoms with E-state index in [-0.39, 0.29) is 109 Å². The molecule has 0 bridgehead atoms. The number of rotatable bonds is 14. The van der Waals surface area contributed by atoms with Crippen LogP contribution in [-0.4, -0.2) is 145 Å². The van der Waals surface area contributed by atoms with Crippen molar-refractivity contribution in [2.45, 2.75) is 32.6 Å². The lowest BCUT2D eigenvalue weighted by Crippen LogP contribution is -2.52. The number of carbonyl (C=O) groups is 7. The van der Waals surface area contributed by atoms with E-state index in [0.29, 0.717) is 42.3 Å². The lowest BCUT2D eigenvalue weighted by molar-refractivity contribution is -0.130. The number of hydrogen-bond donors (Lipinski definition) is 3. The van der Waals surface area contributed by atoms with Crippen LogP contribution in [0.25, 0.3) is 0 Å². The molecule has 0 aliphatic carbocycles. The zero-order chi connectivity index (χ0) is 59.4. The van der Waals surface area contributed by atoms with Crippen molar-refractivity contribution in [3.8, 4) is 11.5 Å². The fraction of sp³-hybridized carbons (Fsp3) is 0.317. The molecule has 8 rings (SSSR count). The van der Waals surface area contributed by atoms with E-state index in [1.165, 1.54) is 60.2 Å². The minimum atomic E-state index is -0.813. The van der Waals surface area contributed by atoms with Crippen molar-refractivity contribution in [2.75, 3.05) is 74.5 Å². The summed E-state index contributed by atoms with van der Waals surface area (Å²) in [7, 11) is 8.32. The molecule has 6 aromatic carbocycles. The smallest absolute Gasteiger partial charge is 0.236 e. The summed E-state index contributed by atoms with van der Waals surface area (Å²) in [5, 5.41) is 22.6. The summed E-state index contributed by atoms with van der Waals surface area (Å²) in [6.45, 7) is 5.72. The summed E-state index contributed by atoms with van der Waals surface area (Å²) in [5.74, 6) is -6.52. The number of likely N-dealkylation sites (N-methyl/N-ethyl adjacent to an activating group) is 2. The SMILES string of the molecule is CC(=O)N(C)C.CNC(=O)CN1CC(C(=O)c2cccc(O)c2)C(c2cccc(F)c2C)C(C(=O)c2cccc(O)c2)C1.Cc1c(F)cccc1C1C(C(=O)c2ccccc2Br)CN(CC(=O)N(C)C)CC1C(=O)c1ccccc1Br. The number of nitrogens with zero attached hydrogens (tertiary/aromatic N) is 4. The molecular weight excluding hydrogens is 1170 g/mol. The molecule has 0 saturated carbocycles. The fourth-order valence-corrected chi connectivity index (χ4v) is 11.4. The van der Waals surface area contributed by atoms with Crippen molar-refractivity contribution in [3.63, 3.8) is 0 Å². The topological polar surface area (TPSA) is 185 Å². The summed E-state index contributed by atoms with van der Waals surface area (Å²) >= 11 is 7.00. The van der Waals surface area contributed by atoms with Gasteiger partial charge in [0.15, 0.2) is 23.1 Å². The third-order valence-corrected chi connectivity index (χ3v) is 16.3. The Morgan fingerprint density at radius 1 is 0.531 bits per heavy atom. The largest absolute Gasteiger partial charge is 0.508 e. The molecule has 0 radical (unpaired) electrons. The van der Waals surface area contributed by atoms with Gasteiger partial charge in [-0.2, -0.15) is 0 Å². The Morgan fingerprint density at radius 3 is 1.23 bits per heavy atom. The molecule has 3 amide bonds. The highest BCUT2D eigenvalue weighted by Crippen LogP contribution is 2.45. The Bertz CT molecular complexity index is 3170. The van der Waals surface area contributed by atoms with Crippen molar-refractivity contribution in [1.82, 2.24) is 24.9 Å². The Hall–Kier alpha value is -7.25. The first-order chi connectivity index (χ1) is 38.4. The molecule has 426 valence electrons. The van der Waals surface area contributed by atoms with Crippen molar-refractivity contribution in [1.29, 1.82) is 0 Å². The minimum absolute atomic E-state index is 0.0288. The summed E-state index contributed by atoms with van der Waals surface area (Å²) in [6.07, 6.45) is 0. The highest BCUT2D eigenvalue weighted by molar-refractivity contribution is 9.10. The predicted octanol–water partition coefficient (Wildman–Crippen LogP) is 9.93. The first-order valence-electron chi connectivity index (χ1n) is 26.2. The monoisotopic (exact) mass is 1230 g/mol. The van der Waals surface area contributed by atoms with Crippen LogP contribution in [0, 0.1) is 49.2 Å². The molecule has 3 N–H and O–H groups in total. The second kappa shape index (κ2) is 28.4. The molecule has 2 fully saturated rings. The van der Waals surface area contributed by atoms with E-state index in [9.17, 15) is 52.6 Å². The Morgan fingerprint density at radius 2 is 0.889 bits per heavy atom. The standard InChI is InChI=1S/C30H29Br2FN2O3.C29H29FN2O5.C4H9NO/c1-18-19(11-8-14-26(18)33)28-22(29(37)20-9-4-6-12-24(20)31)15-35(17-27(36)34(2)3)16-23(28)30(38)21-10-5-7-13-25(21)32;1-17-22(10-5-11-25(17)30)27-23(28(36)18-6-3-8-20(33)12-18)14-32(16-26(35)31-2)15-24(27)29(37)19-7-4-9-21(34)13-19;1-4(6)5(2)3/h4-14,22-23,28H,15-17H2,1-3H3;3-13,23-24,27,33-34H,14-16H2,1-2H3,(H,31,35);1-3H3. The van der Waals surface area contributed by atoms with Crippen LogP contribution in [0.4, 0.5) is 8.78 Å². The van der Waals surface area contributed by atoms with Crippen LogP contribution in [0.3, 0.4) is 0 Å². The predicted molar refractivity (Wildman–Crippen MR) is 314 cm³/mol. The Balaban J connectivity index is 0.000000237. The number of phenolic OH excluding ortho intramolecular Hbond substituents is 2. The maximum absolute atomic E-state index is 14.9. The van der Waals surface area contributed by atoms with E-state index in [1.807, 2.05) is 23.1 Å². The second-order valence-corrected chi connectivity index (χ2v) is 22.4. The number of halogens is 4. The molecule has 0 aromatic heterocycles. The van der Waals surface area contributed by atoms with Crippen LogP contribution < -0.4 is 5.32 Å². The maximum Gasteiger partial charge on any atom is 0.236 e. The second-order valence-electron chi connectivity index (χ2n) is 20.7. The molecule has 0 spiro atoms. The number of Topliss-reactive ketones (excluding diaryl/α,β-unsaturated/α-hetero) is 4.